The van der Waals surface area contributed by atoms with E-state index in [2.05, 4.69) is 15.5 Å². The van der Waals surface area contributed by atoms with E-state index in [1.807, 2.05) is 0 Å². The molecule has 0 unspecified atom stereocenters. The summed E-state index contributed by atoms with van der Waals surface area (Å²) in [7, 11) is 0. The molecule has 1 aliphatic rings. The first-order chi connectivity index (χ1) is 12.7. The maximum Gasteiger partial charge on any atom is 0.417 e. The highest BCUT2D eigenvalue weighted by Gasteiger charge is 2.31. The molecule has 0 aromatic carbocycles. The predicted octanol–water partition coefficient (Wildman–Crippen LogP) is 3.83. The molecule has 2 heterocycles. The van der Waals surface area contributed by atoms with Crippen LogP contribution in [0.5, 0.6) is 5.88 Å². The maximum atomic E-state index is 12.6. The van der Waals surface area contributed by atoms with Crippen LogP contribution in [0, 0.1) is 13.8 Å². The molecule has 0 atom stereocenters. The molecule has 1 fully saturated rings. The zero-order valence-corrected chi connectivity index (χ0v) is 15.0. The number of pyridine rings is 1. The fraction of sp³-hybridized carbons (Fsp3) is 0.500. The van der Waals surface area contributed by atoms with Crippen LogP contribution in [0.15, 0.2) is 22.9 Å². The van der Waals surface area contributed by atoms with E-state index >= 15 is 0 Å². The van der Waals surface area contributed by atoms with Gasteiger partial charge in [0.1, 0.15) is 17.4 Å². The van der Waals surface area contributed by atoms with Gasteiger partial charge in [-0.15, -0.1) is 0 Å². The molecular weight excluding hydrogens is 363 g/mol. The van der Waals surface area contributed by atoms with Gasteiger partial charge in [0.2, 0.25) is 5.88 Å². The Balaban J connectivity index is 1.50. The third-order valence-electron chi connectivity index (χ3n) is 4.62. The van der Waals surface area contributed by atoms with Crippen molar-refractivity contribution in [3.63, 3.8) is 0 Å². The zero-order chi connectivity index (χ0) is 19.6. The van der Waals surface area contributed by atoms with Gasteiger partial charge in [-0.05, 0) is 45.6 Å². The summed E-state index contributed by atoms with van der Waals surface area (Å²) in [5.74, 6) is 0.446. The normalized spacial score (nSPS) is 20.3. The first-order valence-corrected chi connectivity index (χ1v) is 8.67. The van der Waals surface area contributed by atoms with Crippen LogP contribution in [0.2, 0.25) is 0 Å². The number of alkyl halides is 3. The smallest absolute Gasteiger partial charge is 0.417 e. The van der Waals surface area contributed by atoms with Crippen molar-refractivity contribution in [1.29, 1.82) is 0 Å². The number of ether oxygens (including phenoxy) is 1. The summed E-state index contributed by atoms with van der Waals surface area (Å²) in [6.07, 6.45) is -1.01. The van der Waals surface area contributed by atoms with Crippen LogP contribution in [-0.2, 0) is 6.18 Å². The van der Waals surface area contributed by atoms with Crippen LogP contribution in [0.1, 0.15) is 53.1 Å². The number of hydrogen-bond acceptors (Lipinski definition) is 5. The van der Waals surface area contributed by atoms with Crippen LogP contribution >= 0.6 is 0 Å². The second-order valence-corrected chi connectivity index (χ2v) is 6.65. The van der Waals surface area contributed by atoms with E-state index < -0.39 is 11.7 Å². The van der Waals surface area contributed by atoms with E-state index in [0.717, 1.165) is 12.3 Å². The SMILES string of the molecule is Cc1noc(C)c1C(=O)NC1CCC(Oc2ccc(C(F)(F)F)cn2)CC1. The molecule has 146 valence electrons. The van der Waals surface area contributed by atoms with Crippen molar-refractivity contribution in [2.45, 2.75) is 57.9 Å². The van der Waals surface area contributed by atoms with E-state index in [4.69, 9.17) is 9.26 Å². The number of amides is 1. The van der Waals surface area contributed by atoms with Crippen molar-refractivity contribution in [3.05, 3.63) is 40.9 Å². The van der Waals surface area contributed by atoms with Crippen LogP contribution in [0.4, 0.5) is 13.2 Å². The van der Waals surface area contributed by atoms with E-state index in [1.165, 1.54) is 6.07 Å². The van der Waals surface area contributed by atoms with Gasteiger partial charge in [-0.3, -0.25) is 4.79 Å². The number of halogens is 3. The summed E-state index contributed by atoms with van der Waals surface area (Å²) in [5, 5.41) is 6.75. The Morgan fingerprint density at radius 2 is 1.93 bits per heavy atom. The van der Waals surface area contributed by atoms with E-state index in [1.54, 1.807) is 13.8 Å². The summed E-state index contributed by atoms with van der Waals surface area (Å²) >= 11 is 0. The predicted molar refractivity (Wildman–Crippen MR) is 89.4 cm³/mol. The molecule has 9 heteroatoms. The van der Waals surface area contributed by atoms with Crippen LogP contribution in [-0.4, -0.2) is 28.2 Å². The molecule has 6 nitrogen and oxygen atoms in total. The van der Waals surface area contributed by atoms with Gasteiger partial charge >= 0.3 is 6.18 Å². The fourth-order valence-electron chi connectivity index (χ4n) is 3.18. The maximum absolute atomic E-state index is 12.6. The number of rotatable bonds is 4. The number of aryl methyl sites for hydroxylation is 2. The van der Waals surface area contributed by atoms with Gasteiger partial charge < -0.3 is 14.6 Å². The van der Waals surface area contributed by atoms with Gasteiger partial charge in [0, 0.05) is 18.3 Å². The third-order valence-corrected chi connectivity index (χ3v) is 4.62. The molecule has 0 spiro atoms. The second kappa shape index (κ2) is 7.58. The summed E-state index contributed by atoms with van der Waals surface area (Å²) < 4.78 is 48.3. The standard InChI is InChI=1S/C18H20F3N3O3/c1-10-16(11(2)27-24-10)17(25)23-13-4-6-14(7-5-13)26-15-8-3-12(9-22-15)18(19,20)21/h3,8-9,13-14H,4-7H2,1-2H3,(H,23,25). The molecule has 27 heavy (non-hydrogen) atoms. The van der Waals surface area contributed by atoms with Crippen molar-refractivity contribution in [3.8, 4) is 5.88 Å². The molecular formula is C18H20F3N3O3. The van der Waals surface area contributed by atoms with Gasteiger partial charge in [-0.25, -0.2) is 4.98 Å². The van der Waals surface area contributed by atoms with Gasteiger partial charge in [0.15, 0.2) is 0 Å². The molecule has 0 aliphatic heterocycles. The quantitative estimate of drug-likeness (QED) is 0.868. The Bertz CT molecular complexity index is 775. The first-order valence-electron chi connectivity index (χ1n) is 8.67. The summed E-state index contributed by atoms with van der Waals surface area (Å²) in [6.45, 7) is 3.41. The minimum Gasteiger partial charge on any atom is -0.474 e. The topological polar surface area (TPSA) is 77.2 Å². The summed E-state index contributed by atoms with van der Waals surface area (Å²) in [4.78, 5) is 16.1. The van der Waals surface area contributed by atoms with Crippen LogP contribution < -0.4 is 10.1 Å². The van der Waals surface area contributed by atoms with Crippen molar-refractivity contribution < 1.29 is 27.2 Å². The Morgan fingerprint density at radius 3 is 2.44 bits per heavy atom. The average molecular weight is 383 g/mol. The number of carbonyl (C=O) groups excluding carboxylic acids is 1. The van der Waals surface area contributed by atoms with E-state index in [0.29, 0.717) is 42.7 Å². The largest absolute Gasteiger partial charge is 0.474 e. The minimum atomic E-state index is -4.41. The Hall–Kier alpha value is -2.58. The van der Waals surface area contributed by atoms with Crippen molar-refractivity contribution in [2.75, 3.05) is 0 Å². The van der Waals surface area contributed by atoms with Gasteiger partial charge in [-0.1, -0.05) is 5.16 Å². The molecule has 0 radical (unpaired) electrons. The van der Waals surface area contributed by atoms with Gasteiger partial charge in [0.25, 0.3) is 5.91 Å². The summed E-state index contributed by atoms with van der Waals surface area (Å²) in [5.41, 5.74) is 0.207. The van der Waals surface area contributed by atoms with Gasteiger partial charge in [-0.2, -0.15) is 13.2 Å². The van der Waals surface area contributed by atoms with E-state index in [9.17, 15) is 18.0 Å². The lowest BCUT2D eigenvalue weighted by molar-refractivity contribution is -0.137. The van der Waals surface area contributed by atoms with Crippen molar-refractivity contribution in [1.82, 2.24) is 15.5 Å². The molecule has 0 bridgehead atoms. The molecule has 3 rings (SSSR count). The third kappa shape index (κ3) is 4.58. The monoisotopic (exact) mass is 383 g/mol. The Kier molecular flexibility index (Phi) is 5.38. The summed E-state index contributed by atoms with van der Waals surface area (Å²) in [6, 6.07) is 2.19. The average Bonchev–Trinajstić information content (AvgIpc) is 2.95. The number of nitrogens with one attached hydrogen (secondary N) is 1. The lowest BCUT2D eigenvalue weighted by atomic mass is 9.92. The van der Waals surface area contributed by atoms with Gasteiger partial charge in [0.05, 0.1) is 11.3 Å². The lowest BCUT2D eigenvalue weighted by Crippen LogP contribution is -2.40. The van der Waals surface area contributed by atoms with Crippen molar-refractivity contribution >= 4 is 5.91 Å². The number of aromatic nitrogens is 2. The Labute approximate surface area is 154 Å². The molecule has 1 aliphatic carbocycles. The lowest BCUT2D eigenvalue weighted by Gasteiger charge is -2.29. The molecule has 2 aromatic heterocycles. The number of carbonyl (C=O) groups is 1. The highest BCUT2D eigenvalue weighted by molar-refractivity contribution is 5.96. The molecule has 2 aromatic rings. The molecule has 1 N–H and O–H groups in total. The fourth-order valence-corrected chi connectivity index (χ4v) is 3.18. The molecule has 0 saturated heterocycles. The second-order valence-electron chi connectivity index (χ2n) is 6.65. The highest BCUT2D eigenvalue weighted by atomic mass is 19.4. The first kappa shape index (κ1) is 19.2. The minimum absolute atomic E-state index is 0.00612. The zero-order valence-electron chi connectivity index (χ0n) is 15.0. The Morgan fingerprint density at radius 1 is 1.22 bits per heavy atom. The highest BCUT2D eigenvalue weighted by Crippen LogP contribution is 2.30. The van der Waals surface area contributed by atoms with Crippen LogP contribution in [0.25, 0.3) is 0 Å². The molecule has 1 amide bonds. The van der Waals surface area contributed by atoms with Crippen molar-refractivity contribution in [2.24, 2.45) is 0 Å². The molecule has 1 saturated carbocycles. The number of hydrogen-bond donors (Lipinski definition) is 1. The van der Waals surface area contributed by atoms with E-state index in [-0.39, 0.29) is 23.9 Å². The number of nitrogens with zero attached hydrogens (tertiary/aromatic N) is 2. The van der Waals surface area contributed by atoms with Crippen LogP contribution in [0.3, 0.4) is 0 Å².